The molecule has 0 unspecified atom stereocenters. The van der Waals surface area contributed by atoms with Gasteiger partial charge in [-0.25, -0.2) is 4.98 Å². The fourth-order valence-electron chi connectivity index (χ4n) is 4.19. The van der Waals surface area contributed by atoms with Gasteiger partial charge in [0.15, 0.2) is 0 Å². The minimum atomic E-state index is 0.377. The fourth-order valence-corrected chi connectivity index (χ4v) is 4.30. The highest BCUT2D eigenvalue weighted by atomic mass is 35.5. The number of hydrogen-bond donors (Lipinski definition) is 0. The first-order valence-corrected chi connectivity index (χ1v) is 11.4. The van der Waals surface area contributed by atoms with E-state index < -0.39 is 0 Å². The molecule has 5 aromatic rings. The molecule has 4 nitrogen and oxygen atoms in total. The summed E-state index contributed by atoms with van der Waals surface area (Å²) < 4.78 is 14.5. The van der Waals surface area contributed by atoms with Crippen molar-refractivity contribution in [2.24, 2.45) is 0 Å². The molecule has 0 saturated heterocycles. The standard InChI is InChI=1S/C28H25ClN2O2/c1-19-16-22(17-20(2)28(19)29)32-15-14-31-25-12-6-5-11-24(25)30-27(31)18-33-26-13-7-9-21-8-3-4-10-23(21)26/h3-13,16-17H,14-15,18H2,1-2H3. The van der Waals surface area contributed by atoms with Gasteiger partial charge in [-0.3, -0.25) is 0 Å². The normalized spacial score (nSPS) is 11.2. The average molecular weight is 457 g/mol. The maximum Gasteiger partial charge on any atom is 0.148 e. The maximum absolute atomic E-state index is 6.29. The summed E-state index contributed by atoms with van der Waals surface area (Å²) in [5, 5.41) is 3.04. The number of halogens is 1. The molecule has 0 fully saturated rings. The Morgan fingerprint density at radius 3 is 2.42 bits per heavy atom. The molecule has 0 radical (unpaired) electrons. The monoisotopic (exact) mass is 456 g/mol. The molecule has 4 aromatic carbocycles. The molecule has 1 aromatic heterocycles. The first-order valence-electron chi connectivity index (χ1n) is 11.0. The molecule has 33 heavy (non-hydrogen) atoms. The third-order valence-corrected chi connectivity index (χ3v) is 6.43. The topological polar surface area (TPSA) is 36.3 Å². The maximum atomic E-state index is 6.29. The molecular formula is C28H25ClN2O2. The van der Waals surface area contributed by atoms with Crippen molar-refractivity contribution >= 4 is 33.4 Å². The van der Waals surface area contributed by atoms with Crippen LogP contribution in [-0.2, 0) is 13.2 Å². The van der Waals surface area contributed by atoms with E-state index in [1.807, 2.05) is 68.4 Å². The molecule has 5 rings (SSSR count). The van der Waals surface area contributed by atoms with Crippen LogP contribution in [0, 0.1) is 13.8 Å². The lowest BCUT2D eigenvalue weighted by Crippen LogP contribution is -2.13. The van der Waals surface area contributed by atoms with Gasteiger partial charge in [0.2, 0.25) is 0 Å². The predicted molar refractivity (Wildman–Crippen MR) is 134 cm³/mol. The van der Waals surface area contributed by atoms with Gasteiger partial charge in [0.1, 0.15) is 30.5 Å². The zero-order chi connectivity index (χ0) is 22.8. The second-order valence-electron chi connectivity index (χ2n) is 8.15. The van der Waals surface area contributed by atoms with Gasteiger partial charge in [0, 0.05) is 10.4 Å². The summed E-state index contributed by atoms with van der Waals surface area (Å²) in [6.45, 7) is 5.54. The summed E-state index contributed by atoms with van der Waals surface area (Å²) in [7, 11) is 0. The number of nitrogens with zero attached hydrogens (tertiary/aromatic N) is 2. The molecule has 0 amide bonds. The van der Waals surface area contributed by atoms with Gasteiger partial charge in [-0.1, -0.05) is 60.1 Å². The van der Waals surface area contributed by atoms with E-state index in [0.717, 1.165) is 55.3 Å². The molecule has 166 valence electrons. The Bertz CT molecular complexity index is 1410. The first kappa shape index (κ1) is 21.4. The molecule has 0 atom stereocenters. The van der Waals surface area contributed by atoms with Crippen LogP contribution in [0.5, 0.6) is 11.5 Å². The van der Waals surface area contributed by atoms with Crippen LogP contribution in [0.4, 0.5) is 0 Å². The Morgan fingerprint density at radius 1 is 0.848 bits per heavy atom. The van der Waals surface area contributed by atoms with Gasteiger partial charge in [-0.05, 0) is 60.7 Å². The van der Waals surface area contributed by atoms with Crippen LogP contribution in [0.25, 0.3) is 21.8 Å². The third kappa shape index (κ3) is 4.39. The summed E-state index contributed by atoms with van der Waals surface area (Å²) >= 11 is 6.29. The summed E-state index contributed by atoms with van der Waals surface area (Å²) in [5.41, 5.74) is 4.06. The molecular weight excluding hydrogens is 432 g/mol. The Labute approximate surface area is 198 Å². The van der Waals surface area contributed by atoms with Gasteiger partial charge in [0.25, 0.3) is 0 Å². The van der Waals surface area contributed by atoms with E-state index >= 15 is 0 Å². The van der Waals surface area contributed by atoms with Crippen molar-refractivity contribution in [1.82, 2.24) is 9.55 Å². The molecule has 0 spiro atoms. The second-order valence-corrected chi connectivity index (χ2v) is 8.53. The number of para-hydroxylation sites is 2. The molecule has 0 bridgehead atoms. The highest BCUT2D eigenvalue weighted by molar-refractivity contribution is 6.32. The van der Waals surface area contributed by atoms with Crippen LogP contribution in [0.2, 0.25) is 5.02 Å². The van der Waals surface area contributed by atoms with Gasteiger partial charge < -0.3 is 14.0 Å². The lowest BCUT2D eigenvalue weighted by atomic mass is 10.1. The van der Waals surface area contributed by atoms with E-state index in [-0.39, 0.29) is 0 Å². The van der Waals surface area contributed by atoms with Gasteiger partial charge in [0.05, 0.1) is 17.6 Å². The summed E-state index contributed by atoms with van der Waals surface area (Å²) in [6.07, 6.45) is 0. The largest absolute Gasteiger partial charge is 0.492 e. The van der Waals surface area contributed by atoms with Crippen molar-refractivity contribution in [3.63, 3.8) is 0 Å². The Morgan fingerprint density at radius 2 is 1.58 bits per heavy atom. The second kappa shape index (κ2) is 9.16. The molecule has 5 heteroatoms. The molecule has 0 aliphatic heterocycles. The molecule has 0 N–H and O–H groups in total. The van der Waals surface area contributed by atoms with E-state index in [2.05, 4.69) is 28.8 Å². The average Bonchev–Trinajstić information content (AvgIpc) is 3.18. The number of fused-ring (bicyclic) bond motifs is 2. The SMILES string of the molecule is Cc1cc(OCCn2c(COc3cccc4ccccc34)nc3ccccc32)cc(C)c1Cl. The van der Waals surface area contributed by atoms with E-state index in [1.54, 1.807) is 0 Å². The summed E-state index contributed by atoms with van der Waals surface area (Å²) in [6, 6.07) is 26.5. The summed E-state index contributed by atoms with van der Waals surface area (Å²) in [5.74, 6) is 2.55. The minimum absolute atomic E-state index is 0.377. The van der Waals surface area contributed by atoms with E-state index in [0.29, 0.717) is 19.8 Å². The zero-order valence-corrected chi connectivity index (χ0v) is 19.5. The highest BCUT2D eigenvalue weighted by Crippen LogP contribution is 2.28. The highest BCUT2D eigenvalue weighted by Gasteiger charge is 2.12. The van der Waals surface area contributed by atoms with Crippen LogP contribution in [0.3, 0.4) is 0 Å². The molecule has 0 saturated carbocycles. The Kier molecular flexibility index (Phi) is 5.93. The molecule has 1 heterocycles. The summed E-state index contributed by atoms with van der Waals surface area (Å²) in [4.78, 5) is 4.84. The van der Waals surface area contributed by atoms with Crippen molar-refractivity contribution in [3.05, 3.63) is 101 Å². The number of aromatic nitrogens is 2. The van der Waals surface area contributed by atoms with Crippen LogP contribution < -0.4 is 9.47 Å². The first-order chi connectivity index (χ1) is 16.1. The van der Waals surface area contributed by atoms with Crippen molar-refractivity contribution in [2.75, 3.05) is 6.61 Å². The number of rotatable bonds is 7. The van der Waals surface area contributed by atoms with Gasteiger partial charge in [-0.2, -0.15) is 0 Å². The van der Waals surface area contributed by atoms with Gasteiger partial charge in [-0.15, -0.1) is 0 Å². The fraction of sp³-hybridized carbons (Fsp3) is 0.179. The Balaban J connectivity index is 1.37. The smallest absolute Gasteiger partial charge is 0.148 e. The number of hydrogen-bond acceptors (Lipinski definition) is 3. The van der Waals surface area contributed by atoms with Crippen LogP contribution in [0.1, 0.15) is 17.0 Å². The van der Waals surface area contributed by atoms with E-state index in [9.17, 15) is 0 Å². The van der Waals surface area contributed by atoms with E-state index in [1.165, 1.54) is 0 Å². The minimum Gasteiger partial charge on any atom is -0.492 e. The predicted octanol–water partition coefficient (Wildman–Crippen LogP) is 7.12. The molecule has 0 aliphatic rings. The quantitative estimate of drug-likeness (QED) is 0.261. The third-order valence-electron chi connectivity index (χ3n) is 5.83. The molecule has 0 aliphatic carbocycles. The lowest BCUT2D eigenvalue weighted by Gasteiger charge is -2.14. The van der Waals surface area contributed by atoms with Crippen molar-refractivity contribution in [2.45, 2.75) is 27.0 Å². The van der Waals surface area contributed by atoms with Gasteiger partial charge >= 0.3 is 0 Å². The number of ether oxygens (including phenoxy) is 2. The van der Waals surface area contributed by atoms with Crippen molar-refractivity contribution < 1.29 is 9.47 Å². The number of aryl methyl sites for hydroxylation is 2. The Hall–Kier alpha value is -3.50. The van der Waals surface area contributed by atoms with Crippen LogP contribution in [0.15, 0.2) is 78.9 Å². The van der Waals surface area contributed by atoms with Crippen LogP contribution >= 0.6 is 11.6 Å². The number of imidazole rings is 1. The van der Waals surface area contributed by atoms with Crippen LogP contribution in [-0.4, -0.2) is 16.2 Å². The number of benzene rings is 4. The lowest BCUT2D eigenvalue weighted by molar-refractivity contribution is 0.274. The van der Waals surface area contributed by atoms with E-state index in [4.69, 9.17) is 26.1 Å². The zero-order valence-electron chi connectivity index (χ0n) is 18.7. The van der Waals surface area contributed by atoms with Crippen molar-refractivity contribution in [3.8, 4) is 11.5 Å². The van der Waals surface area contributed by atoms with Crippen molar-refractivity contribution in [1.29, 1.82) is 0 Å².